The summed E-state index contributed by atoms with van der Waals surface area (Å²) in [6.07, 6.45) is 0.0829. The molecule has 0 N–H and O–H groups in total. The van der Waals surface area contributed by atoms with Gasteiger partial charge in [0.25, 0.3) is 6.43 Å². The number of halogens is 2. The Bertz CT molecular complexity index is 746. The Morgan fingerprint density at radius 1 is 0.852 bits per heavy atom. The predicted molar refractivity (Wildman–Crippen MR) is 94.1 cm³/mol. The molecule has 0 bridgehead atoms. The van der Waals surface area contributed by atoms with Crippen LogP contribution in [0.4, 0.5) is 20.7 Å². The average molecular weight is 378 g/mol. The first kappa shape index (κ1) is 17.9. The summed E-state index contributed by atoms with van der Waals surface area (Å²) in [6, 6.07) is 1.30. The monoisotopic (exact) mass is 378 g/mol. The number of hydrogen-bond donors (Lipinski definition) is 0. The third-order valence-corrected chi connectivity index (χ3v) is 4.53. The van der Waals surface area contributed by atoms with Crippen LogP contribution in [0.1, 0.15) is 12.0 Å². The first-order valence-corrected chi connectivity index (χ1v) is 8.86. The van der Waals surface area contributed by atoms with Crippen LogP contribution in [-0.2, 0) is 9.47 Å². The molecule has 2 fully saturated rings. The molecule has 10 heteroatoms. The number of ether oxygens (including phenoxy) is 2. The zero-order valence-electron chi connectivity index (χ0n) is 14.7. The molecule has 0 aliphatic carbocycles. The normalized spacial score (nSPS) is 18.2. The van der Waals surface area contributed by atoms with Crippen molar-refractivity contribution in [3.05, 3.63) is 24.0 Å². The lowest BCUT2D eigenvalue weighted by molar-refractivity contribution is 0.121. The molecule has 0 amide bonds. The van der Waals surface area contributed by atoms with E-state index in [2.05, 4.69) is 19.9 Å². The molecule has 2 aromatic rings. The summed E-state index contributed by atoms with van der Waals surface area (Å²) in [7, 11) is 0. The minimum Gasteiger partial charge on any atom is -0.378 e. The Hall–Kier alpha value is -2.46. The van der Waals surface area contributed by atoms with E-state index in [-0.39, 0.29) is 17.0 Å². The summed E-state index contributed by atoms with van der Waals surface area (Å²) in [5, 5.41) is 0. The largest absolute Gasteiger partial charge is 0.378 e. The number of nitrogens with zero attached hydrogens (tertiary/aromatic N) is 6. The average Bonchev–Trinajstić information content (AvgIpc) is 2.74. The standard InChI is InChI=1S/C17H20F2N6O2/c18-14(19)12-1-2-20-11-13(12)15-21-16(24-3-7-26-8-4-24)23-17(22-15)25-5-9-27-10-6-25/h1-2,11,14H,3-10H2. The van der Waals surface area contributed by atoms with Gasteiger partial charge in [-0.25, -0.2) is 8.78 Å². The molecule has 2 aliphatic rings. The van der Waals surface area contributed by atoms with Crippen molar-refractivity contribution in [2.45, 2.75) is 6.43 Å². The van der Waals surface area contributed by atoms with Crippen LogP contribution < -0.4 is 9.80 Å². The molecule has 144 valence electrons. The number of aromatic nitrogens is 4. The number of anilines is 2. The van der Waals surface area contributed by atoms with E-state index in [0.717, 1.165) is 0 Å². The van der Waals surface area contributed by atoms with Crippen molar-refractivity contribution in [2.24, 2.45) is 0 Å². The van der Waals surface area contributed by atoms with Crippen molar-refractivity contribution >= 4 is 11.9 Å². The molecular formula is C17H20F2N6O2. The van der Waals surface area contributed by atoms with Crippen molar-refractivity contribution in [3.63, 3.8) is 0 Å². The summed E-state index contributed by atoms with van der Waals surface area (Å²) in [5.74, 6) is 1.14. The maximum absolute atomic E-state index is 13.5. The smallest absolute Gasteiger partial charge is 0.264 e. The first-order valence-electron chi connectivity index (χ1n) is 8.86. The Morgan fingerprint density at radius 3 is 1.93 bits per heavy atom. The molecule has 0 atom stereocenters. The topological polar surface area (TPSA) is 76.5 Å². The molecular weight excluding hydrogens is 358 g/mol. The van der Waals surface area contributed by atoms with Crippen LogP contribution in [0.15, 0.2) is 18.5 Å². The fraction of sp³-hybridized carbons (Fsp3) is 0.529. The number of hydrogen-bond acceptors (Lipinski definition) is 8. The molecule has 4 rings (SSSR count). The van der Waals surface area contributed by atoms with Gasteiger partial charge in [0.2, 0.25) is 11.9 Å². The van der Waals surface area contributed by atoms with Crippen LogP contribution >= 0.6 is 0 Å². The lowest BCUT2D eigenvalue weighted by Gasteiger charge is -2.30. The third-order valence-electron chi connectivity index (χ3n) is 4.53. The first-order chi connectivity index (χ1) is 13.2. The Balaban J connectivity index is 1.78. The molecule has 0 saturated carbocycles. The van der Waals surface area contributed by atoms with Gasteiger partial charge in [0.05, 0.1) is 26.4 Å². The molecule has 0 spiro atoms. The zero-order valence-corrected chi connectivity index (χ0v) is 14.7. The second-order valence-electron chi connectivity index (χ2n) is 6.22. The highest BCUT2D eigenvalue weighted by molar-refractivity contribution is 5.62. The van der Waals surface area contributed by atoms with Gasteiger partial charge in [-0.2, -0.15) is 15.0 Å². The van der Waals surface area contributed by atoms with Crippen LogP contribution in [0.2, 0.25) is 0 Å². The van der Waals surface area contributed by atoms with E-state index in [4.69, 9.17) is 9.47 Å². The van der Waals surface area contributed by atoms with Crippen LogP contribution in [0, 0.1) is 0 Å². The van der Waals surface area contributed by atoms with E-state index in [1.807, 2.05) is 9.80 Å². The maximum Gasteiger partial charge on any atom is 0.264 e. The molecule has 2 saturated heterocycles. The molecule has 0 radical (unpaired) electrons. The maximum atomic E-state index is 13.5. The lowest BCUT2D eigenvalue weighted by Crippen LogP contribution is -2.40. The Kier molecular flexibility index (Phi) is 5.35. The molecule has 0 aromatic carbocycles. The van der Waals surface area contributed by atoms with Crippen LogP contribution in [-0.4, -0.2) is 72.5 Å². The highest BCUT2D eigenvalue weighted by Crippen LogP contribution is 2.30. The van der Waals surface area contributed by atoms with Gasteiger partial charge in [0.15, 0.2) is 5.82 Å². The lowest BCUT2D eigenvalue weighted by atomic mass is 10.1. The molecule has 27 heavy (non-hydrogen) atoms. The molecule has 8 nitrogen and oxygen atoms in total. The van der Waals surface area contributed by atoms with Gasteiger partial charge >= 0.3 is 0 Å². The van der Waals surface area contributed by atoms with Gasteiger partial charge in [0.1, 0.15) is 0 Å². The Morgan fingerprint density at radius 2 is 1.41 bits per heavy atom. The van der Waals surface area contributed by atoms with Gasteiger partial charge < -0.3 is 19.3 Å². The molecule has 0 unspecified atom stereocenters. The minimum absolute atomic E-state index is 0.142. The number of rotatable bonds is 4. The van der Waals surface area contributed by atoms with Crippen LogP contribution in [0.5, 0.6) is 0 Å². The SMILES string of the molecule is FC(F)c1ccncc1-c1nc(N2CCOCC2)nc(N2CCOCC2)n1. The third kappa shape index (κ3) is 3.96. The van der Waals surface area contributed by atoms with Gasteiger partial charge in [-0.1, -0.05) is 0 Å². The molecule has 4 heterocycles. The fourth-order valence-corrected chi connectivity index (χ4v) is 3.07. The Labute approximate surface area is 155 Å². The van der Waals surface area contributed by atoms with Crippen molar-refractivity contribution in [3.8, 4) is 11.4 Å². The fourth-order valence-electron chi connectivity index (χ4n) is 3.07. The summed E-state index contributed by atoms with van der Waals surface area (Å²) in [4.78, 5) is 21.5. The van der Waals surface area contributed by atoms with Gasteiger partial charge in [-0.3, -0.25) is 4.98 Å². The van der Waals surface area contributed by atoms with E-state index in [9.17, 15) is 8.78 Å². The van der Waals surface area contributed by atoms with E-state index in [0.29, 0.717) is 64.5 Å². The van der Waals surface area contributed by atoms with Crippen LogP contribution in [0.25, 0.3) is 11.4 Å². The van der Waals surface area contributed by atoms with Gasteiger partial charge in [-0.15, -0.1) is 0 Å². The van der Waals surface area contributed by atoms with E-state index in [1.54, 1.807) is 0 Å². The van der Waals surface area contributed by atoms with E-state index >= 15 is 0 Å². The molecule has 2 aliphatic heterocycles. The summed E-state index contributed by atoms with van der Waals surface area (Å²) >= 11 is 0. The number of pyridine rings is 1. The molecule has 2 aromatic heterocycles. The van der Waals surface area contributed by atoms with Crippen molar-refractivity contribution < 1.29 is 18.3 Å². The van der Waals surface area contributed by atoms with Crippen molar-refractivity contribution in [1.82, 2.24) is 19.9 Å². The highest BCUT2D eigenvalue weighted by atomic mass is 19.3. The minimum atomic E-state index is -2.64. The van der Waals surface area contributed by atoms with Crippen LogP contribution in [0.3, 0.4) is 0 Å². The highest BCUT2D eigenvalue weighted by Gasteiger charge is 2.23. The number of morpholine rings is 2. The summed E-state index contributed by atoms with van der Waals surface area (Å²) in [6.45, 7) is 4.85. The summed E-state index contributed by atoms with van der Waals surface area (Å²) < 4.78 is 37.7. The second-order valence-corrected chi connectivity index (χ2v) is 6.22. The van der Waals surface area contributed by atoms with E-state index < -0.39 is 6.43 Å². The number of alkyl halides is 2. The zero-order chi connectivity index (χ0) is 18.6. The van der Waals surface area contributed by atoms with Gasteiger partial charge in [0, 0.05) is 49.7 Å². The van der Waals surface area contributed by atoms with E-state index in [1.165, 1.54) is 18.5 Å². The van der Waals surface area contributed by atoms with Gasteiger partial charge in [-0.05, 0) is 6.07 Å². The summed E-state index contributed by atoms with van der Waals surface area (Å²) in [5.41, 5.74) is 0.0796. The predicted octanol–water partition coefficient (Wildman–Crippen LogP) is 1.54. The van der Waals surface area contributed by atoms with Crippen molar-refractivity contribution in [2.75, 3.05) is 62.4 Å². The second kappa shape index (κ2) is 8.05. The quantitative estimate of drug-likeness (QED) is 0.793. The van der Waals surface area contributed by atoms with Crippen molar-refractivity contribution in [1.29, 1.82) is 0 Å².